The Bertz CT molecular complexity index is 312. The quantitative estimate of drug-likeness (QED) is 0.406. The van der Waals surface area contributed by atoms with E-state index in [1.165, 1.54) is 42.8 Å². The fraction of sp³-hybridized carbons (Fsp3) is 0.625. The van der Waals surface area contributed by atoms with Gasteiger partial charge in [0.1, 0.15) is 5.75 Å². The summed E-state index contributed by atoms with van der Waals surface area (Å²) in [6, 6.07) is 8.42. The number of rotatable bonds is 10. The van der Waals surface area contributed by atoms with Crippen molar-refractivity contribution in [2.24, 2.45) is 0 Å². The van der Waals surface area contributed by atoms with Crippen molar-refractivity contribution >= 4 is 11.8 Å². The Morgan fingerprint density at radius 2 is 1.72 bits per heavy atom. The normalized spacial score (nSPS) is 10.6. The van der Waals surface area contributed by atoms with Crippen LogP contribution in [-0.4, -0.2) is 12.4 Å². The molecule has 0 N–H and O–H groups in total. The number of hydrogen-bond acceptors (Lipinski definition) is 2. The van der Waals surface area contributed by atoms with Crippen LogP contribution in [0.4, 0.5) is 0 Å². The third-order valence-corrected chi connectivity index (χ3v) is 4.00. The van der Waals surface area contributed by atoms with Gasteiger partial charge >= 0.3 is 0 Å². The van der Waals surface area contributed by atoms with Gasteiger partial charge in [0.15, 0.2) is 0 Å². The zero-order valence-corrected chi connectivity index (χ0v) is 12.6. The number of thioether (sulfide) groups is 1. The smallest absolute Gasteiger partial charge is 0.132 e. The first-order chi connectivity index (χ1) is 8.88. The first-order valence-electron chi connectivity index (χ1n) is 7.23. The summed E-state index contributed by atoms with van der Waals surface area (Å²) in [7, 11) is 0. The molecule has 0 bridgehead atoms. The monoisotopic (exact) mass is 266 g/mol. The fourth-order valence-corrected chi connectivity index (χ4v) is 2.74. The lowest BCUT2D eigenvalue weighted by Gasteiger charge is -2.10. The van der Waals surface area contributed by atoms with E-state index in [4.69, 9.17) is 4.74 Å². The Labute approximate surface area is 116 Å². The summed E-state index contributed by atoms with van der Waals surface area (Å²) < 4.78 is 5.83. The molecule has 18 heavy (non-hydrogen) atoms. The van der Waals surface area contributed by atoms with E-state index in [0.717, 1.165) is 18.8 Å². The maximum atomic E-state index is 5.83. The summed E-state index contributed by atoms with van der Waals surface area (Å²) in [6.45, 7) is 5.28. The SMILES string of the molecule is CCCCCCSc1ccccc1OCCCC. The minimum absolute atomic E-state index is 0.837. The average Bonchev–Trinajstić information content (AvgIpc) is 2.40. The summed E-state index contributed by atoms with van der Waals surface area (Å²) in [5.74, 6) is 2.26. The van der Waals surface area contributed by atoms with Crippen molar-refractivity contribution in [3.8, 4) is 5.75 Å². The predicted molar refractivity (Wildman–Crippen MR) is 81.7 cm³/mol. The van der Waals surface area contributed by atoms with Gasteiger partial charge in [-0.3, -0.25) is 0 Å². The third kappa shape index (κ3) is 6.34. The van der Waals surface area contributed by atoms with Crippen LogP contribution >= 0.6 is 11.8 Å². The first-order valence-corrected chi connectivity index (χ1v) is 8.21. The van der Waals surface area contributed by atoms with Crippen LogP contribution in [0.15, 0.2) is 29.2 Å². The van der Waals surface area contributed by atoms with Gasteiger partial charge in [-0.25, -0.2) is 0 Å². The fourth-order valence-electron chi connectivity index (χ4n) is 1.73. The topological polar surface area (TPSA) is 9.23 Å². The second-order valence-electron chi connectivity index (χ2n) is 4.56. The van der Waals surface area contributed by atoms with E-state index in [9.17, 15) is 0 Å². The number of benzene rings is 1. The molecule has 0 saturated heterocycles. The van der Waals surface area contributed by atoms with Gasteiger partial charge in [0.25, 0.3) is 0 Å². The van der Waals surface area contributed by atoms with Crippen molar-refractivity contribution in [3.05, 3.63) is 24.3 Å². The van der Waals surface area contributed by atoms with Crippen molar-refractivity contribution in [3.63, 3.8) is 0 Å². The molecule has 1 aromatic carbocycles. The standard InChI is InChI=1S/C16H26OS/c1-3-5-7-10-14-18-16-12-9-8-11-15(16)17-13-6-4-2/h8-9,11-12H,3-7,10,13-14H2,1-2H3. The van der Waals surface area contributed by atoms with Gasteiger partial charge in [-0.05, 0) is 30.7 Å². The van der Waals surface area contributed by atoms with Crippen LogP contribution in [0.25, 0.3) is 0 Å². The molecule has 0 saturated carbocycles. The molecule has 0 spiro atoms. The van der Waals surface area contributed by atoms with Crippen LogP contribution in [0.5, 0.6) is 5.75 Å². The van der Waals surface area contributed by atoms with Gasteiger partial charge < -0.3 is 4.74 Å². The zero-order valence-electron chi connectivity index (χ0n) is 11.8. The van der Waals surface area contributed by atoms with Crippen molar-refractivity contribution in [1.29, 1.82) is 0 Å². The van der Waals surface area contributed by atoms with Crippen LogP contribution < -0.4 is 4.74 Å². The molecule has 0 fully saturated rings. The molecule has 0 aliphatic carbocycles. The second-order valence-corrected chi connectivity index (χ2v) is 5.69. The highest BCUT2D eigenvalue weighted by molar-refractivity contribution is 7.99. The Morgan fingerprint density at radius 3 is 2.50 bits per heavy atom. The maximum absolute atomic E-state index is 5.83. The van der Waals surface area contributed by atoms with E-state index < -0.39 is 0 Å². The van der Waals surface area contributed by atoms with Crippen LogP contribution in [0.2, 0.25) is 0 Å². The van der Waals surface area contributed by atoms with Crippen LogP contribution in [0.1, 0.15) is 52.4 Å². The third-order valence-electron chi connectivity index (χ3n) is 2.86. The molecular formula is C16H26OS. The highest BCUT2D eigenvalue weighted by atomic mass is 32.2. The Balaban J connectivity index is 2.33. The Kier molecular flexibility index (Phi) is 8.83. The van der Waals surface area contributed by atoms with E-state index in [1.807, 2.05) is 11.8 Å². The molecule has 1 nitrogen and oxygen atoms in total. The van der Waals surface area contributed by atoms with Crippen molar-refractivity contribution < 1.29 is 4.74 Å². The minimum atomic E-state index is 0.837. The molecule has 1 aromatic rings. The highest BCUT2D eigenvalue weighted by Gasteiger charge is 2.03. The van der Waals surface area contributed by atoms with Crippen LogP contribution in [0, 0.1) is 0 Å². The molecule has 0 unspecified atom stereocenters. The van der Waals surface area contributed by atoms with Gasteiger partial charge in [-0.15, -0.1) is 11.8 Å². The second kappa shape index (κ2) is 10.3. The molecule has 0 aliphatic heterocycles. The lowest BCUT2D eigenvalue weighted by molar-refractivity contribution is 0.302. The molecule has 102 valence electrons. The Morgan fingerprint density at radius 1 is 0.944 bits per heavy atom. The molecular weight excluding hydrogens is 240 g/mol. The van der Waals surface area contributed by atoms with E-state index in [2.05, 4.69) is 38.1 Å². The van der Waals surface area contributed by atoms with Crippen LogP contribution in [-0.2, 0) is 0 Å². The predicted octanol–water partition coefficient (Wildman–Crippen LogP) is 5.54. The lowest BCUT2D eigenvalue weighted by Crippen LogP contribution is -1.97. The minimum Gasteiger partial charge on any atom is -0.492 e. The molecule has 0 aliphatic rings. The van der Waals surface area contributed by atoms with Gasteiger partial charge in [-0.2, -0.15) is 0 Å². The van der Waals surface area contributed by atoms with Gasteiger partial charge in [0, 0.05) is 4.90 Å². The lowest BCUT2D eigenvalue weighted by atomic mass is 10.2. The largest absolute Gasteiger partial charge is 0.492 e. The van der Waals surface area contributed by atoms with E-state index in [1.54, 1.807) is 0 Å². The molecule has 0 radical (unpaired) electrons. The number of hydrogen-bond donors (Lipinski definition) is 0. The molecule has 1 rings (SSSR count). The van der Waals surface area contributed by atoms with Crippen molar-refractivity contribution in [2.45, 2.75) is 57.3 Å². The molecule has 0 amide bonds. The average molecular weight is 266 g/mol. The van der Waals surface area contributed by atoms with Crippen molar-refractivity contribution in [1.82, 2.24) is 0 Å². The number of ether oxygens (including phenoxy) is 1. The summed E-state index contributed by atoms with van der Waals surface area (Å²) in [6.07, 6.45) is 7.64. The van der Waals surface area contributed by atoms with Gasteiger partial charge in [-0.1, -0.05) is 51.7 Å². The highest BCUT2D eigenvalue weighted by Crippen LogP contribution is 2.29. The number of unbranched alkanes of at least 4 members (excludes halogenated alkanes) is 4. The summed E-state index contributed by atoms with van der Waals surface area (Å²) in [4.78, 5) is 1.30. The summed E-state index contributed by atoms with van der Waals surface area (Å²) in [5.41, 5.74) is 0. The summed E-state index contributed by atoms with van der Waals surface area (Å²) >= 11 is 1.93. The van der Waals surface area contributed by atoms with Gasteiger partial charge in [0.05, 0.1) is 6.61 Å². The van der Waals surface area contributed by atoms with Crippen molar-refractivity contribution in [2.75, 3.05) is 12.4 Å². The molecule has 0 aromatic heterocycles. The first kappa shape index (κ1) is 15.4. The van der Waals surface area contributed by atoms with E-state index in [0.29, 0.717) is 0 Å². The molecule has 0 atom stereocenters. The van der Waals surface area contributed by atoms with E-state index >= 15 is 0 Å². The maximum Gasteiger partial charge on any atom is 0.132 e. The Hall–Kier alpha value is -0.630. The van der Waals surface area contributed by atoms with Crippen LogP contribution in [0.3, 0.4) is 0 Å². The zero-order chi connectivity index (χ0) is 13.1. The van der Waals surface area contributed by atoms with E-state index in [-0.39, 0.29) is 0 Å². The summed E-state index contributed by atoms with van der Waals surface area (Å²) in [5, 5.41) is 0. The van der Waals surface area contributed by atoms with Gasteiger partial charge in [0.2, 0.25) is 0 Å². The molecule has 0 heterocycles. The number of para-hydroxylation sites is 1. The molecule has 2 heteroatoms.